The summed E-state index contributed by atoms with van der Waals surface area (Å²) in [6, 6.07) is 12.9. The van der Waals surface area contributed by atoms with Gasteiger partial charge in [-0.25, -0.2) is 0 Å². The Balaban J connectivity index is 2.03. The van der Waals surface area contributed by atoms with Gasteiger partial charge in [-0.2, -0.15) is 0 Å². The largest absolute Gasteiger partial charge is 0.507 e. The van der Waals surface area contributed by atoms with E-state index in [-0.39, 0.29) is 34.1 Å². The number of hydrogen-bond acceptors (Lipinski definition) is 8. The van der Waals surface area contributed by atoms with Crippen molar-refractivity contribution < 1.29 is 38.7 Å². The molecule has 1 saturated heterocycles. The van der Waals surface area contributed by atoms with Crippen LogP contribution in [0.1, 0.15) is 17.2 Å². The molecule has 0 spiro atoms. The highest BCUT2D eigenvalue weighted by Gasteiger charge is 2.48. The first-order valence-electron chi connectivity index (χ1n) is 11.0. The first-order chi connectivity index (χ1) is 17.8. The third-order valence-corrected chi connectivity index (χ3v) is 6.63. The highest BCUT2D eigenvalue weighted by atomic mass is 79.9. The van der Waals surface area contributed by atoms with E-state index in [1.807, 2.05) is 0 Å². The van der Waals surface area contributed by atoms with E-state index in [9.17, 15) is 19.8 Å². The maximum atomic E-state index is 13.4. The number of carbonyl (C=O) groups is 2. The topological polar surface area (TPSA) is 115 Å². The molecule has 1 aliphatic rings. The number of para-hydroxylation sites is 2. The molecule has 1 fully saturated rings. The van der Waals surface area contributed by atoms with E-state index in [1.165, 1.54) is 40.6 Å². The molecule has 9 nitrogen and oxygen atoms in total. The van der Waals surface area contributed by atoms with Crippen LogP contribution in [0.5, 0.6) is 28.7 Å². The number of methoxy groups -OCH3 is 4. The molecule has 1 unspecified atom stereocenters. The Morgan fingerprint density at radius 2 is 1.49 bits per heavy atom. The molecule has 0 saturated carbocycles. The summed E-state index contributed by atoms with van der Waals surface area (Å²) in [6.45, 7) is 0. The maximum absolute atomic E-state index is 13.4. The Kier molecular flexibility index (Phi) is 7.30. The van der Waals surface area contributed by atoms with Gasteiger partial charge in [0.25, 0.3) is 11.7 Å². The molecule has 0 radical (unpaired) electrons. The standard InChI is InChI=1S/C27H24BrNO8/c1-34-19-10-9-14(11-16(19)28)24(31)22-23(15-12-20(35-2)26(37-4)21(13-15)36-3)29(27(33)25(22)32)17-7-5-6-8-18(17)30/h5-13,23,30-31H,1-4H3/b24-22+. The minimum Gasteiger partial charge on any atom is -0.507 e. The normalized spacial score (nSPS) is 16.6. The summed E-state index contributed by atoms with van der Waals surface area (Å²) in [6.07, 6.45) is 0. The van der Waals surface area contributed by atoms with Crippen molar-refractivity contribution in [1.29, 1.82) is 0 Å². The summed E-state index contributed by atoms with van der Waals surface area (Å²) in [4.78, 5) is 28.0. The number of rotatable bonds is 7. The molecule has 3 aromatic rings. The number of ketones is 1. The van der Waals surface area contributed by atoms with Crippen molar-refractivity contribution in [3.05, 3.63) is 75.8 Å². The third-order valence-electron chi connectivity index (χ3n) is 6.01. The number of Topliss-reactive ketones (excluding diaryl/α,β-unsaturated/α-hetero) is 1. The van der Waals surface area contributed by atoms with E-state index >= 15 is 0 Å². The van der Waals surface area contributed by atoms with E-state index in [0.717, 1.165) is 4.90 Å². The fourth-order valence-electron chi connectivity index (χ4n) is 4.29. The monoisotopic (exact) mass is 569 g/mol. The second-order valence-electron chi connectivity index (χ2n) is 7.97. The number of phenolic OH excluding ortho intramolecular Hbond substituents is 1. The molecule has 10 heteroatoms. The van der Waals surface area contributed by atoms with Gasteiger partial charge >= 0.3 is 0 Å². The predicted octanol–water partition coefficient (Wildman–Crippen LogP) is 4.82. The number of anilines is 1. The van der Waals surface area contributed by atoms with E-state index in [2.05, 4.69) is 15.9 Å². The molecule has 1 atom stereocenters. The number of hydrogen-bond donors (Lipinski definition) is 2. The van der Waals surface area contributed by atoms with E-state index in [4.69, 9.17) is 18.9 Å². The van der Waals surface area contributed by atoms with E-state index in [0.29, 0.717) is 21.5 Å². The summed E-state index contributed by atoms with van der Waals surface area (Å²) >= 11 is 3.38. The molecular formula is C27H24BrNO8. The fourth-order valence-corrected chi connectivity index (χ4v) is 4.83. The van der Waals surface area contributed by atoms with Crippen LogP contribution < -0.4 is 23.8 Å². The van der Waals surface area contributed by atoms with Crippen molar-refractivity contribution in [2.24, 2.45) is 0 Å². The molecule has 4 rings (SSSR count). The summed E-state index contributed by atoms with van der Waals surface area (Å²) in [5.74, 6) is -1.06. The van der Waals surface area contributed by atoms with E-state index in [1.54, 1.807) is 42.5 Å². The van der Waals surface area contributed by atoms with Gasteiger partial charge in [0.15, 0.2) is 11.5 Å². The molecule has 1 heterocycles. The highest BCUT2D eigenvalue weighted by Crippen LogP contribution is 2.48. The zero-order chi connectivity index (χ0) is 26.9. The number of halogens is 1. The SMILES string of the molecule is COc1ccc(/C(O)=C2\C(=O)C(=O)N(c3ccccc3O)C2c2cc(OC)c(OC)c(OC)c2)cc1Br. The number of aromatic hydroxyl groups is 1. The van der Waals surface area contributed by atoms with Crippen LogP contribution in [0, 0.1) is 0 Å². The second kappa shape index (κ2) is 10.4. The lowest BCUT2D eigenvalue weighted by Gasteiger charge is -2.27. The lowest BCUT2D eigenvalue weighted by Crippen LogP contribution is -2.29. The van der Waals surface area contributed by atoms with Gasteiger partial charge in [0.2, 0.25) is 5.75 Å². The molecule has 3 aromatic carbocycles. The lowest BCUT2D eigenvalue weighted by atomic mass is 9.94. The van der Waals surface area contributed by atoms with E-state index < -0.39 is 23.5 Å². The van der Waals surface area contributed by atoms with Gasteiger partial charge in [-0.3, -0.25) is 14.5 Å². The van der Waals surface area contributed by atoms with Gasteiger partial charge in [0.1, 0.15) is 17.3 Å². The average molecular weight is 570 g/mol. The molecule has 192 valence electrons. The Morgan fingerprint density at radius 3 is 2.03 bits per heavy atom. The van der Waals surface area contributed by atoms with Crippen molar-refractivity contribution in [3.8, 4) is 28.7 Å². The van der Waals surface area contributed by atoms with Crippen LogP contribution in [0.4, 0.5) is 5.69 Å². The molecule has 0 aromatic heterocycles. The number of benzene rings is 3. The molecular weight excluding hydrogens is 546 g/mol. The van der Waals surface area contributed by atoms with Crippen LogP contribution >= 0.6 is 15.9 Å². The second-order valence-corrected chi connectivity index (χ2v) is 8.82. The predicted molar refractivity (Wildman–Crippen MR) is 140 cm³/mol. The number of phenols is 1. The van der Waals surface area contributed by atoms with Crippen molar-refractivity contribution in [2.75, 3.05) is 33.3 Å². The zero-order valence-corrected chi connectivity index (χ0v) is 22.0. The highest BCUT2D eigenvalue weighted by molar-refractivity contribution is 9.10. The van der Waals surface area contributed by atoms with Crippen LogP contribution in [0.25, 0.3) is 5.76 Å². The molecule has 0 bridgehead atoms. The Labute approximate surface area is 221 Å². The first kappa shape index (κ1) is 25.9. The fraction of sp³-hybridized carbons (Fsp3) is 0.185. The number of amides is 1. The molecule has 1 amide bonds. The number of nitrogens with zero attached hydrogens (tertiary/aromatic N) is 1. The van der Waals surface area contributed by atoms with Crippen LogP contribution in [-0.4, -0.2) is 50.3 Å². The number of aliphatic hydroxyl groups excluding tert-OH is 1. The summed E-state index contributed by atoms with van der Waals surface area (Å²) in [5, 5.41) is 22.0. The first-order valence-corrected chi connectivity index (χ1v) is 11.8. The van der Waals surface area contributed by atoms with Crippen LogP contribution in [0.3, 0.4) is 0 Å². The smallest absolute Gasteiger partial charge is 0.300 e. The molecule has 1 aliphatic heterocycles. The molecule has 2 N–H and O–H groups in total. The Morgan fingerprint density at radius 1 is 0.865 bits per heavy atom. The summed E-state index contributed by atoms with van der Waals surface area (Å²) in [5.41, 5.74) is 0.574. The van der Waals surface area contributed by atoms with Crippen LogP contribution in [-0.2, 0) is 9.59 Å². The van der Waals surface area contributed by atoms with Crippen LogP contribution in [0.2, 0.25) is 0 Å². The van der Waals surface area contributed by atoms with Gasteiger partial charge in [-0.05, 0) is 64.0 Å². The number of carbonyl (C=O) groups excluding carboxylic acids is 2. The zero-order valence-electron chi connectivity index (χ0n) is 20.4. The van der Waals surface area contributed by atoms with Gasteiger partial charge in [0, 0.05) is 5.56 Å². The number of aliphatic hydroxyl groups is 1. The minimum atomic E-state index is -1.14. The minimum absolute atomic E-state index is 0.0957. The summed E-state index contributed by atoms with van der Waals surface area (Å²) in [7, 11) is 5.84. The lowest BCUT2D eigenvalue weighted by molar-refractivity contribution is -0.132. The van der Waals surface area contributed by atoms with Gasteiger partial charge < -0.3 is 29.2 Å². The van der Waals surface area contributed by atoms with Gasteiger partial charge in [-0.15, -0.1) is 0 Å². The Bertz CT molecular complexity index is 1390. The van der Waals surface area contributed by atoms with Crippen LogP contribution in [0.15, 0.2) is 64.6 Å². The van der Waals surface area contributed by atoms with Gasteiger partial charge in [-0.1, -0.05) is 12.1 Å². The third kappa shape index (κ3) is 4.44. The average Bonchev–Trinajstić information content (AvgIpc) is 3.17. The number of ether oxygens (including phenoxy) is 4. The quantitative estimate of drug-likeness (QED) is 0.236. The molecule has 0 aliphatic carbocycles. The van der Waals surface area contributed by atoms with Crippen molar-refractivity contribution >= 4 is 39.1 Å². The van der Waals surface area contributed by atoms with Crippen molar-refractivity contribution in [1.82, 2.24) is 0 Å². The Hall–Kier alpha value is -4.18. The maximum Gasteiger partial charge on any atom is 0.300 e. The molecule has 37 heavy (non-hydrogen) atoms. The van der Waals surface area contributed by atoms with Gasteiger partial charge in [0.05, 0.1) is 50.2 Å². The summed E-state index contributed by atoms with van der Waals surface area (Å²) < 4.78 is 22.2. The van der Waals surface area contributed by atoms with Crippen molar-refractivity contribution in [3.63, 3.8) is 0 Å². The van der Waals surface area contributed by atoms with Crippen molar-refractivity contribution in [2.45, 2.75) is 6.04 Å².